The molecule has 96 valence electrons. The van der Waals surface area contributed by atoms with Gasteiger partial charge in [-0.3, -0.25) is 0 Å². The summed E-state index contributed by atoms with van der Waals surface area (Å²) in [5.74, 6) is -0.266. The highest BCUT2D eigenvalue weighted by Crippen LogP contribution is 2.37. The van der Waals surface area contributed by atoms with Gasteiger partial charge < -0.3 is 14.3 Å². The van der Waals surface area contributed by atoms with Gasteiger partial charge in [0.2, 0.25) is 0 Å². The van der Waals surface area contributed by atoms with Gasteiger partial charge in [-0.2, -0.15) is 0 Å². The van der Waals surface area contributed by atoms with Gasteiger partial charge >= 0.3 is 0 Å². The number of nitrogens with one attached hydrogen (secondary N) is 1. The van der Waals surface area contributed by atoms with Gasteiger partial charge in [-0.15, -0.1) is 0 Å². The molecule has 1 saturated carbocycles. The largest absolute Gasteiger partial charge is 0.376 e. The van der Waals surface area contributed by atoms with Crippen molar-refractivity contribution in [2.24, 2.45) is 0 Å². The summed E-state index contributed by atoms with van der Waals surface area (Å²) in [4.78, 5) is 2.94. The number of aromatic nitrogens is 2. The van der Waals surface area contributed by atoms with E-state index in [-0.39, 0.29) is 11.4 Å². The minimum absolute atomic E-state index is 0.125. The highest BCUT2D eigenvalue weighted by molar-refractivity contribution is 7.71. The molecular formula is C13H15FN2OS. The van der Waals surface area contributed by atoms with Crippen LogP contribution in [0.3, 0.4) is 0 Å². The lowest BCUT2D eigenvalue weighted by Crippen LogP contribution is -2.43. The predicted molar refractivity (Wildman–Crippen MR) is 70.7 cm³/mol. The van der Waals surface area contributed by atoms with E-state index in [9.17, 15) is 4.39 Å². The van der Waals surface area contributed by atoms with Gasteiger partial charge in [-0.1, -0.05) is 6.07 Å². The Hall–Kier alpha value is -1.20. The van der Waals surface area contributed by atoms with Crippen LogP contribution in [0.1, 0.15) is 19.3 Å². The van der Waals surface area contributed by atoms with E-state index in [0.717, 1.165) is 18.4 Å². The molecule has 0 radical (unpaired) electrons. The van der Waals surface area contributed by atoms with Crippen LogP contribution in [0.2, 0.25) is 0 Å². The Bertz CT molecular complexity index is 636. The molecule has 1 aliphatic rings. The van der Waals surface area contributed by atoms with Crippen LogP contribution in [0, 0.1) is 10.6 Å². The van der Waals surface area contributed by atoms with E-state index in [1.807, 2.05) is 10.6 Å². The molecule has 3 rings (SSSR count). The zero-order valence-corrected chi connectivity index (χ0v) is 11.0. The molecule has 0 bridgehead atoms. The third-order valence-corrected chi connectivity index (χ3v) is 4.23. The van der Waals surface area contributed by atoms with Gasteiger partial charge in [0, 0.05) is 7.11 Å². The number of H-pyrrole nitrogens is 1. The fourth-order valence-corrected chi connectivity index (χ4v) is 2.85. The Morgan fingerprint density at radius 1 is 1.50 bits per heavy atom. The molecule has 1 aliphatic carbocycles. The first-order valence-electron chi connectivity index (χ1n) is 6.07. The zero-order valence-electron chi connectivity index (χ0n) is 10.2. The molecule has 0 aliphatic heterocycles. The average molecular weight is 266 g/mol. The Morgan fingerprint density at radius 2 is 2.28 bits per heavy atom. The zero-order chi connectivity index (χ0) is 12.8. The Morgan fingerprint density at radius 3 is 2.89 bits per heavy atom. The van der Waals surface area contributed by atoms with Gasteiger partial charge in [0.05, 0.1) is 17.7 Å². The summed E-state index contributed by atoms with van der Waals surface area (Å²) in [5, 5.41) is 0. The quantitative estimate of drug-likeness (QED) is 0.863. The van der Waals surface area contributed by atoms with Crippen LogP contribution in [0.5, 0.6) is 0 Å². The summed E-state index contributed by atoms with van der Waals surface area (Å²) in [6.45, 7) is 0.686. The number of rotatable bonds is 3. The molecule has 0 spiro atoms. The van der Waals surface area contributed by atoms with Crippen LogP contribution < -0.4 is 0 Å². The maximum atomic E-state index is 13.7. The number of imidazole rings is 1. The van der Waals surface area contributed by atoms with Gasteiger partial charge in [0.1, 0.15) is 11.3 Å². The van der Waals surface area contributed by atoms with E-state index in [1.54, 1.807) is 13.2 Å². The normalized spacial score (nSPS) is 17.9. The molecule has 0 amide bonds. The van der Waals surface area contributed by atoms with Crippen LogP contribution in [0.25, 0.3) is 11.0 Å². The van der Waals surface area contributed by atoms with Crippen LogP contribution >= 0.6 is 12.2 Å². The highest BCUT2D eigenvalue weighted by atomic mass is 32.1. The number of benzene rings is 1. The second kappa shape index (κ2) is 4.17. The fourth-order valence-electron chi connectivity index (χ4n) is 2.59. The van der Waals surface area contributed by atoms with Crippen LogP contribution in [0.15, 0.2) is 18.2 Å². The van der Waals surface area contributed by atoms with Gasteiger partial charge in [0.15, 0.2) is 4.77 Å². The Balaban J connectivity index is 2.09. The first-order chi connectivity index (χ1) is 8.65. The van der Waals surface area contributed by atoms with Gasteiger partial charge in [0.25, 0.3) is 0 Å². The molecule has 1 aromatic heterocycles. The van der Waals surface area contributed by atoms with Crippen LogP contribution in [0.4, 0.5) is 4.39 Å². The van der Waals surface area contributed by atoms with Crippen molar-refractivity contribution in [3.05, 3.63) is 28.8 Å². The van der Waals surface area contributed by atoms with Crippen molar-refractivity contribution in [3.63, 3.8) is 0 Å². The standard InChI is InChI=1S/C13H15FN2OS/c1-17-13(6-3-7-13)8-16-10-5-2-4-9(14)11(10)15-12(16)18/h2,4-5H,3,6-8H2,1H3,(H,15,18). The summed E-state index contributed by atoms with van der Waals surface area (Å²) in [6, 6.07) is 5.02. The fraction of sp³-hybridized carbons (Fsp3) is 0.462. The monoisotopic (exact) mass is 266 g/mol. The molecule has 2 aromatic rings. The number of fused-ring (bicyclic) bond motifs is 1. The minimum Gasteiger partial charge on any atom is -0.376 e. The molecule has 0 atom stereocenters. The number of nitrogens with zero attached hydrogens (tertiary/aromatic N) is 1. The van der Waals surface area contributed by atoms with Crippen molar-refractivity contribution in [1.82, 2.24) is 9.55 Å². The Kier molecular flexibility index (Phi) is 2.75. The van der Waals surface area contributed by atoms with Crippen LogP contribution in [-0.2, 0) is 11.3 Å². The van der Waals surface area contributed by atoms with Gasteiger partial charge in [-0.05, 0) is 43.6 Å². The first-order valence-corrected chi connectivity index (χ1v) is 6.48. The van der Waals surface area contributed by atoms with Gasteiger partial charge in [-0.25, -0.2) is 4.39 Å². The molecule has 1 aromatic carbocycles. The van der Waals surface area contributed by atoms with Crippen molar-refractivity contribution in [3.8, 4) is 0 Å². The molecule has 5 heteroatoms. The van der Waals surface area contributed by atoms with E-state index in [4.69, 9.17) is 17.0 Å². The summed E-state index contributed by atoms with van der Waals surface area (Å²) >= 11 is 5.29. The number of para-hydroxylation sites is 1. The lowest BCUT2D eigenvalue weighted by Gasteiger charge is -2.40. The molecule has 1 N–H and O–H groups in total. The van der Waals surface area contributed by atoms with Crippen molar-refractivity contribution in [2.75, 3.05) is 7.11 Å². The van der Waals surface area contributed by atoms with E-state index in [2.05, 4.69) is 4.98 Å². The maximum absolute atomic E-state index is 13.7. The number of methoxy groups -OCH3 is 1. The SMILES string of the molecule is COC1(Cn2c(=S)[nH]c3c(F)cccc32)CCC1. The second-order valence-electron chi connectivity index (χ2n) is 4.89. The smallest absolute Gasteiger partial charge is 0.178 e. The molecular weight excluding hydrogens is 251 g/mol. The number of aromatic amines is 1. The second-order valence-corrected chi connectivity index (χ2v) is 5.28. The molecule has 3 nitrogen and oxygen atoms in total. The topological polar surface area (TPSA) is 29.9 Å². The van der Waals surface area contributed by atoms with Crippen molar-refractivity contribution in [1.29, 1.82) is 0 Å². The number of halogens is 1. The summed E-state index contributed by atoms with van der Waals surface area (Å²) in [7, 11) is 1.73. The molecule has 1 fully saturated rings. The third-order valence-electron chi connectivity index (χ3n) is 3.90. The average Bonchev–Trinajstić information content (AvgIpc) is 2.62. The van der Waals surface area contributed by atoms with Crippen LogP contribution in [-0.4, -0.2) is 22.3 Å². The first kappa shape index (κ1) is 11.9. The number of ether oxygens (including phenoxy) is 1. The highest BCUT2D eigenvalue weighted by Gasteiger charge is 2.37. The predicted octanol–water partition coefficient (Wildman–Crippen LogP) is 3.41. The van der Waals surface area contributed by atoms with Crippen molar-refractivity contribution in [2.45, 2.75) is 31.4 Å². The number of hydrogen-bond acceptors (Lipinski definition) is 2. The molecule has 1 heterocycles. The maximum Gasteiger partial charge on any atom is 0.178 e. The van der Waals surface area contributed by atoms with E-state index in [0.29, 0.717) is 16.8 Å². The molecule has 0 saturated heterocycles. The molecule has 18 heavy (non-hydrogen) atoms. The van der Waals surface area contributed by atoms with E-state index in [1.165, 1.54) is 12.5 Å². The van der Waals surface area contributed by atoms with Crippen molar-refractivity contribution < 1.29 is 9.13 Å². The van der Waals surface area contributed by atoms with E-state index >= 15 is 0 Å². The van der Waals surface area contributed by atoms with E-state index < -0.39 is 0 Å². The third kappa shape index (κ3) is 1.69. The minimum atomic E-state index is -0.266. The lowest BCUT2D eigenvalue weighted by molar-refractivity contribution is -0.0830. The summed E-state index contributed by atoms with van der Waals surface area (Å²) in [5.41, 5.74) is 1.16. The molecule has 0 unspecified atom stereocenters. The Labute approximate surface area is 110 Å². The lowest BCUT2D eigenvalue weighted by atomic mass is 9.80. The van der Waals surface area contributed by atoms with Crippen molar-refractivity contribution >= 4 is 23.3 Å². The number of hydrogen-bond donors (Lipinski definition) is 1. The summed E-state index contributed by atoms with van der Waals surface area (Å²) in [6.07, 6.45) is 3.25. The summed E-state index contributed by atoms with van der Waals surface area (Å²) < 4.78 is 21.8.